The van der Waals surface area contributed by atoms with Crippen molar-refractivity contribution in [3.63, 3.8) is 0 Å². The van der Waals surface area contributed by atoms with Crippen LogP contribution in [-0.4, -0.2) is 66.0 Å². The molecule has 0 aromatic rings. The topological polar surface area (TPSA) is 255 Å². The number of amides is 3. The Bertz CT molecular complexity index is 609. The van der Waals surface area contributed by atoms with Crippen molar-refractivity contribution in [2.45, 2.75) is 63.1 Å². The van der Waals surface area contributed by atoms with Crippen molar-refractivity contribution < 1.29 is 24.3 Å². The maximum absolute atomic E-state index is 12.6. The molecule has 172 valence electrons. The largest absolute Gasteiger partial charge is 0.480 e. The van der Waals surface area contributed by atoms with E-state index >= 15 is 0 Å². The van der Waals surface area contributed by atoms with Gasteiger partial charge in [0.05, 0.1) is 6.04 Å². The second kappa shape index (κ2) is 15.0. The molecular formula is C17H34N8O5. The van der Waals surface area contributed by atoms with E-state index in [4.69, 9.17) is 28.7 Å². The molecule has 0 fully saturated rings. The Balaban J connectivity index is 4.99. The third-order valence-electron chi connectivity index (χ3n) is 4.18. The van der Waals surface area contributed by atoms with Gasteiger partial charge in [0.15, 0.2) is 5.96 Å². The highest BCUT2D eigenvalue weighted by atomic mass is 16.4. The first kappa shape index (κ1) is 27.1. The van der Waals surface area contributed by atoms with Crippen molar-refractivity contribution in [3.8, 4) is 0 Å². The highest BCUT2D eigenvalue weighted by Gasteiger charge is 2.28. The molecule has 3 amide bonds. The van der Waals surface area contributed by atoms with E-state index in [0.29, 0.717) is 32.2 Å². The molecule has 0 aromatic carbocycles. The SMILES string of the molecule is NCCCC[C@H](N)C(=O)N[C@@H](CCC(N)=O)C(=O)N[C@@H](CCCN=C(N)N)C(=O)O. The van der Waals surface area contributed by atoms with Crippen molar-refractivity contribution in [1.82, 2.24) is 10.6 Å². The molecule has 3 atom stereocenters. The lowest BCUT2D eigenvalue weighted by atomic mass is 10.1. The standard InChI is InChI=1S/C17H34N8O5/c18-8-2-1-4-10(19)14(27)24-11(6-7-13(20)26)15(28)25-12(16(29)30)5-3-9-23-17(21)22/h10-12H,1-9,18-19H2,(H2,20,26)(H,24,27)(H,25,28)(H,29,30)(H4,21,22,23)/t10-,11-,12-/m0/s1. The van der Waals surface area contributed by atoms with E-state index < -0.39 is 41.8 Å². The molecule has 0 saturated heterocycles. The highest BCUT2D eigenvalue weighted by molar-refractivity contribution is 5.92. The lowest BCUT2D eigenvalue weighted by Crippen LogP contribution is -2.54. The zero-order chi connectivity index (χ0) is 23.1. The fourth-order valence-corrected chi connectivity index (χ4v) is 2.51. The van der Waals surface area contributed by atoms with Gasteiger partial charge in [-0.2, -0.15) is 0 Å². The molecule has 0 radical (unpaired) electrons. The summed E-state index contributed by atoms with van der Waals surface area (Å²) < 4.78 is 0. The number of carbonyl (C=O) groups is 4. The van der Waals surface area contributed by atoms with Crippen molar-refractivity contribution in [1.29, 1.82) is 0 Å². The number of guanidine groups is 1. The molecule has 0 rings (SSSR count). The number of aliphatic carboxylic acids is 1. The van der Waals surface area contributed by atoms with E-state index in [2.05, 4.69) is 15.6 Å². The summed E-state index contributed by atoms with van der Waals surface area (Å²) in [5, 5.41) is 14.1. The molecule has 0 aliphatic rings. The molecule has 0 aliphatic heterocycles. The Hall–Kier alpha value is -2.93. The first-order chi connectivity index (χ1) is 14.1. The van der Waals surface area contributed by atoms with E-state index in [1.165, 1.54) is 0 Å². The van der Waals surface area contributed by atoms with E-state index in [0.717, 1.165) is 0 Å². The van der Waals surface area contributed by atoms with Crippen molar-refractivity contribution in [2.75, 3.05) is 13.1 Å². The summed E-state index contributed by atoms with van der Waals surface area (Å²) in [6, 6.07) is -3.25. The number of unbranched alkanes of at least 4 members (excludes halogenated alkanes) is 1. The van der Waals surface area contributed by atoms with E-state index in [9.17, 15) is 24.3 Å². The van der Waals surface area contributed by atoms with E-state index in [1.807, 2.05) is 0 Å². The summed E-state index contributed by atoms with van der Waals surface area (Å²) in [4.78, 5) is 51.1. The van der Waals surface area contributed by atoms with E-state index in [-0.39, 0.29) is 31.8 Å². The fraction of sp³-hybridized carbons (Fsp3) is 0.706. The maximum atomic E-state index is 12.6. The zero-order valence-corrected chi connectivity index (χ0v) is 17.0. The summed E-state index contributed by atoms with van der Waals surface area (Å²) in [7, 11) is 0. The number of carboxylic acid groups (broad SMARTS) is 1. The minimum Gasteiger partial charge on any atom is -0.480 e. The number of nitrogens with zero attached hydrogens (tertiary/aromatic N) is 1. The van der Waals surface area contributed by atoms with Crippen LogP contribution in [0.5, 0.6) is 0 Å². The molecule has 0 spiro atoms. The molecule has 0 aliphatic carbocycles. The highest BCUT2D eigenvalue weighted by Crippen LogP contribution is 2.05. The van der Waals surface area contributed by atoms with Gasteiger partial charge in [0.2, 0.25) is 17.7 Å². The summed E-state index contributed by atoms with van der Waals surface area (Å²) in [5.74, 6) is -3.39. The Labute approximate surface area is 175 Å². The van der Waals surface area contributed by atoms with Crippen molar-refractivity contribution >= 4 is 29.7 Å². The summed E-state index contributed by atoms with van der Waals surface area (Å²) in [6.45, 7) is 0.666. The smallest absolute Gasteiger partial charge is 0.326 e. The molecular weight excluding hydrogens is 396 g/mol. The second-order valence-electron chi connectivity index (χ2n) is 6.81. The van der Waals surface area contributed by atoms with Crippen LogP contribution < -0.4 is 39.3 Å². The molecule has 0 aromatic heterocycles. The van der Waals surface area contributed by atoms with Crippen LogP contribution in [0.25, 0.3) is 0 Å². The molecule has 13 nitrogen and oxygen atoms in total. The molecule has 13 heteroatoms. The molecule has 0 unspecified atom stereocenters. The summed E-state index contributed by atoms with van der Waals surface area (Å²) in [6.07, 6.45) is 1.81. The average molecular weight is 431 g/mol. The lowest BCUT2D eigenvalue weighted by molar-refractivity contribution is -0.142. The lowest BCUT2D eigenvalue weighted by Gasteiger charge is -2.22. The number of nitrogens with two attached hydrogens (primary N) is 5. The number of hydrogen-bond donors (Lipinski definition) is 8. The average Bonchev–Trinajstić information content (AvgIpc) is 2.66. The van der Waals surface area contributed by atoms with Gasteiger partial charge in [-0.15, -0.1) is 0 Å². The van der Waals surface area contributed by atoms with Gasteiger partial charge in [-0.05, 0) is 38.6 Å². The fourth-order valence-electron chi connectivity index (χ4n) is 2.51. The van der Waals surface area contributed by atoms with Gasteiger partial charge in [0, 0.05) is 13.0 Å². The van der Waals surface area contributed by atoms with Gasteiger partial charge in [-0.3, -0.25) is 19.4 Å². The van der Waals surface area contributed by atoms with Crippen LogP contribution in [0.2, 0.25) is 0 Å². The summed E-state index contributed by atoms with van der Waals surface area (Å²) in [5.41, 5.74) is 26.7. The summed E-state index contributed by atoms with van der Waals surface area (Å²) >= 11 is 0. The third-order valence-corrected chi connectivity index (χ3v) is 4.18. The Kier molecular flexibility index (Phi) is 13.5. The maximum Gasteiger partial charge on any atom is 0.326 e. The normalized spacial score (nSPS) is 13.5. The first-order valence-electron chi connectivity index (χ1n) is 9.71. The number of carboxylic acids is 1. The Morgan fingerprint density at radius 1 is 0.867 bits per heavy atom. The number of nitrogens with one attached hydrogen (secondary N) is 2. The van der Waals surface area contributed by atoms with Crippen LogP contribution in [0.1, 0.15) is 44.9 Å². The third kappa shape index (κ3) is 12.5. The molecule has 0 heterocycles. The number of aliphatic imine (C=N–C) groups is 1. The minimum absolute atomic E-state index is 0.0624. The predicted octanol–water partition coefficient (Wildman–Crippen LogP) is -3.18. The second-order valence-corrected chi connectivity index (χ2v) is 6.81. The van der Waals surface area contributed by atoms with Crippen LogP contribution in [0.4, 0.5) is 0 Å². The van der Waals surface area contributed by atoms with Gasteiger partial charge >= 0.3 is 5.97 Å². The number of hydrogen-bond acceptors (Lipinski definition) is 7. The monoisotopic (exact) mass is 430 g/mol. The first-order valence-corrected chi connectivity index (χ1v) is 9.71. The van der Waals surface area contributed by atoms with Gasteiger partial charge in [0.25, 0.3) is 0 Å². The van der Waals surface area contributed by atoms with Crippen LogP contribution in [0.15, 0.2) is 4.99 Å². The molecule has 0 saturated carbocycles. The van der Waals surface area contributed by atoms with Gasteiger partial charge in [-0.25, -0.2) is 4.79 Å². The van der Waals surface area contributed by atoms with Crippen molar-refractivity contribution in [3.05, 3.63) is 0 Å². The van der Waals surface area contributed by atoms with E-state index in [1.54, 1.807) is 0 Å². The van der Waals surface area contributed by atoms with Crippen LogP contribution in [0, 0.1) is 0 Å². The van der Waals surface area contributed by atoms with Gasteiger partial charge < -0.3 is 44.4 Å². The molecule has 0 bridgehead atoms. The van der Waals surface area contributed by atoms with Crippen LogP contribution >= 0.6 is 0 Å². The minimum atomic E-state index is -1.26. The predicted molar refractivity (Wildman–Crippen MR) is 111 cm³/mol. The molecule has 13 N–H and O–H groups in total. The van der Waals surface area contributed by atoms with Gasteiger partial charge in [-0.1, -0.05) is 6.42 Å². The van der Waals surface area contributed by atoms with Crippen LogP contribution in [-0.2, 0) is 19.2 Å². The number of primary amides is 1. The molecule has 30 heavy (non-hydrogen) atoms. The van der Waals surface area contributed by atoms with Crippen molar-refractivity contribution in [2.24, 2.45) is 33.7 Å². The number of rotatable bonds is 16. The Morgan fingerprint density at radius 2 is 1.50 bits per heavy atom. The number of carbonyl (C=O) groups excluding carboxylic acids is 3. The zero-order valence-electron chi connectivity index (χ0n) is 17.0. The quantitative estimate of drug-likeness (QED) is 0.0696. The Morgan fingerprint density at radius 3 is 2.03 bits per heavy atom. The van der Waals surface area contributed by atoms with Crippen LogP contribution in [0.3, 0.4) is 0 Å². The van der Waals surface area contributed by atoms with Gasteiger partial charge in [0.1, 0.15) is 12.1 Å².